The summed E-state index contributed by atoms with van der Waals surface area (Å²) < 4.78 is 14.5. The molecule has 1 aliphatic heterocycles. The van der Waals surface area contributed by atoms with Gasteiger partial charge in [-0.3, -0.25) is 0 Å². The van der Waals surface area contributed by atoms with Crippen LogP contribution in [0.3, 0.4) is 0 Å². The van der Waals surface area contributed by atoms with E-state index in [4.69, 9.17) is 21.1 Å². The molecule has 0 N–H and O–H groups in total. The lowest BCUT2D eigenvalue weighted by atomic mass is 10.2. The summed E-state index contributed by atoms with van der Waals surface area (Å²) in [6, 6.07) is 13.3. The van der Waals surface area contributed by atoms with Gasteiger partial charge in [0.05, 0.1) is 17.3 Å². The molecule has 0 aliphatic carbocycles. The fourth-order valence-electron chi connectivity index (χ4n) is 3.00. The zero-order valence-corrected chi connectivity index (χ0v) is 14.7. The Labute approximate surface area is 158 Å². The third kappa shape index (κ3) is 2.80. The number of benzene rings is 2. The number of ether oxygens (including phenoxy) is 2. The number of aromatic nitrogens is 6. The molecule has 8 nitrogen and oxygen atoms in total. The minimum Gasteiger partial charge on any atom is -0.454 e. The molecule has 2 aromatic heterocycles. The van der Waals surface area contributed by atoms with Gasteiger partial charge in [0.15, 0.2) is 17.3 Å². The number of fused-ring (bicyclic) bond motifs is 1. The molecule has 0 bridgehead atoms. The number of rotatable bonds is 4. The van der Waals surface area contributed by atoms with Crippen LogP contribution in [0.15, 0.2) is 54.9 Å². The largest absolute Gasteiger partial charge is 0.454 e. The number of halogens is 1. The van der Waals surface area contributed by atoms with Gasteiger partial charge in [-0.25, -0.2) is 4.98 Å². The van der Waals surface area contributed by atoms with Crippen LogP contribution < -0.4 is 9.47 Å². The zero-order chi connectivity index (χ0) is 18.2. The van der Waals surface area contributed by atoms with Crippen LogP contribution in [-0.2, 0) is 6.54 Å². The third-order valence-electron chi connectivity index (χ3n) is 4.27. The van der Waals surface area contributed by atoms with E-state index in [1.165, 1.54) is 0 Å². The minimum atomic E-state index is 0.190. The lowest BCUT2D eigenvalue weighted by Crippen LogP contribution is -2.09. The molecule has 0 atom stereocenters. The van der Waals surface area contributed by atoms with Crippen molar-refractivity contribution in [3.8, 4) is 28.6 Å². The van der Waals surface area contributed by atoms with E-state index in [2.05, 4.69) is 20.5 Å². The van der Waals surface area contributed by atoms with Gasteiger partial charge in [-0.2, -0.15) is 4.68 Å². The highest BCUT2D eigenvalue weighted by molar-refractivity contribution is 6.33. The summed E-state index contributed by atoms with van der Waals surface area (Å²) in [5.74, 6) is 2.66. The average molecular weight is 381 g/mol. The molecule has 0 radical (unpaired) electrons. The smallest absolute Gasteiger partial charge is 0.231 e. The highest BCUT2D eigenvalue weighted by Gasteiger charge is 2.20. The summed E-state index contributed by atoms with van der Waals surface area (Å²) in [6.07, 6.45) is 3.58. The molecule has 9 heteroatoms. The number of hydrogen-bond acceptors (Lipinski definition) is 6. The van der Waals surface area contributed by atoms with Crippen molar-refractivity contribution >= 4 is 11.6 Å². The number of imidazole rings is 1. The number of para-hydroxylation sites is 1. The quantitative estimate of drug-likeness (QED) is 0.541. The molecule has 3 heterocycles. The first-order chi connectivity index (χ1) is 13.3. The summed E-state index contributed by atoms with van der Waals surface area (Å²) in [5.41, 5.74) is 1.64. The maximum absolute atomic E-state index is 6.45. The normalized spacial score (nSPS) is 12.5. The van der Waals surface area contributed by atoms with Gasteiger partial charge in [0, 0.05) is 24.0 Å². The van der Waals surface area contributed by atoms with Crippen LogP contribution in [0.2, 0.25) is 5.02 Å². The van der Waals surface area contributed by atoms with Crippen LogP contribution in [0.4, 0.5) is 0 Å². The van der Waals surface area contributed by atoms with Crippen LogP contribution in [-0.4, -0.2) is 36.6 Å². The van der Waals surface area contributed by atoms with E-state index in [0.29, 0.717) is 34.7 Å². The molecular weight excluding hydrogens is 368 g/mol. The van der Waals surface area contributed by atoms with Crippen molar-refractivity contribution in [1.82, 2.24) is 29.8 Å². The van der Waals surface area contributed by atoms with E-state index in [-0.39, 0.29) is 6.79 Å². The number of tetrazole rings is 1. The molecule has 5 rings (SSSR count). The lowest BCUT2D eigenvalue weighted by molar-refractivity contribution is 0.174. The Kier molecular flexibility index (Phi) is 3.75. The second-order valence-corrected chi connectivity index (χ2v) is 6.31. The van der Waals surface area contributed by atoms with E-state index < -0.39 is 0 Å². The Bertz CT molecular complexity index is 1110. The van der Waals surface area contributed by atoms with Crippen molar-refractivity contribution in [3.63, 3.8) is 0 Å². The van der Waals surface area contributed by atoms with Crippen LogP contribution in [0.1, 0.15) is 5.82 Å². The lowest BCUT2D eigenvalue weighted by Gasteiger charge is -2.10. The minimum absolute atomic E-state index is 0.190. The molecule has 2 aromatic carbocycles. The van der Waals surface area contributed by atoms with Gasteiger partial charge < -0.3 is 14.0 Å². The zero-order valence-electron chi connectivity index (χ0n) is 14.0. The monoisotopic (exact) mass is 380 g/mol. The number of nitrogens with zero attached hydrogens (tertiary/aromatic N) is 6. The first-order valence-electron chi connectivity index (χ1n) is 8.23. The van der Waals surface area contributed by atoms with Crippen molar-refractivity contribution in [2.24, 2.45) is 0 Å². The topological polar surface area (TPSA) is 79.9 Å². The summed E-state index contributed by atoms with van der Waals surface area (Å²) in [7, 11) is 0. The van der Waals surface area contributed by atoms with Gasteiger partial charge in [0.25, 0.3) is 0 Å². The fraction of sp³-hybridized carbons (Fsp3) is 0.111. The number of hydrogen-bond donors (Lipinski definition) is 0. The molecule has 0 saturated heterocycles. The van der Waals surface area contributed by atoms with Crippen molar-refractivity contribution in [3.05, 3.63) is 65.7 Å². The summed E-state index contributed by atoms with van der Waals surface area (Å²) in [6.45, 7) is 0.622. The summed E-state index contributed by atoms with van der Waals surface area (Å²) in [5, 5.41) is 12.6. The van der Waals surface area contributed by atoms with Crippen molar-refractivity contribution in [1.29, 1.82) is 0 Å². The van der Waals surface area contributed by atoms with Gasteiger partial charge >= 0.3 is 0 Å². The molecule has 27 heavy (non-hydrogen) atoms. The second-order valence-electron chi connectivity index (χ2n) is 5.91. The maximum atomic E-state index is 6.45. The second kappa shape index (κ2) is 6.40. The van der Waals surface area contributed by atoms with E-state index >= 15 is 0 Å². The van der Waals surface area contributed by atoms with Gasteiger partial charge in [0.2, 0.25) is 6.79 Å². The first-order valence-corrected chi connectivity index (χ1v) is 8.61. The van der Waals surface area contributed by atoms with E-state index in [1.54, 1.807) is 16.9 Å². The van der Waals surface area contributed by atoms with Crippen LogP contribution >= 0.6 is 11.6 Å². The van der Waals surface area contributed by atoms with Crippen molar-refractivity contribution in [2.45, 2.75) is 6.54 Å². The molecule has 0 spiro atoms. The molecular formula is C18H13ClN6O2. The van der Waals surface area contributed by atoms with Crippen LogP contribution in [0, 0.1) is 0 Å². The van der Waals surface area contributed by atoms with Crippen LogP contribution in [0.5, 0.6) is 11.5 Å². The van der Waals surface area contributed by atoms with Gasteiger partial charge in [-0.05, 0) is 28.6 Å². The van der Waals surface area contributed by atoms with Crippen molar-refractivity contribution < 1.29 is 9.47 Å². The SMILES string of the molecule is Clc1cc2c(cc1-c1nccn1Cc1nnnn1-c1ccccc1)OCO2. The van der Waals surface area contributed by atoms with E-state index in [0.717, 1.165) is 11.3 Å². The Morgan fingerprint density at radius 2 is 1.89 bits per heavy atom. The Hall–Kier alpha value is -3.39. The maximum Gasteiger partial charge on any atom is 0.231 e. The Morgan fingerprint density at radius 3 is 2.74 bits per heavy atom. The summed E-state index contributed by atoms with van der Waals surface area (Å²) >= 11 is 6.45. The first kappa shape index (κ1) is 15.8. The highest BCUT2D eigenvalue weighted by atomic mass is 35.5. The molecule has 0 unspecified atom stereocenters. The van der Waals surface area contributed by atoms with Crippen molar-refractivity contribution in [2.75, 3.05) is 6.79 Å². The average Bonchev–Trinajstić information content (AvgIpc) is 3.43. The molecule has 134 valence electrons. The highest BCUT2D eigenvalue weighted by Crippen LogP contribution is 2.40. The Balaban J connectivity index is 1.52. The predicted octanol–water partition coefficient (Wildman–Crippen LogP) is 2.96. The van der Waals surface area contributed by atoms with Gasteiger partial charge in [-0.1, -0.05) is 29.8 Å². The predicted molar refractivity (Wildman–Crippen MR) is 97.1 cm³/mol. The van der Waals surface area contributed by atoms with E-state index in [9.17, 15) is 0 Å². The molecule has 0 amide bonds. The molecule has 0 fully saturated rings. The van der Waals surface area contributed by atoms with E-state index in [1.807, 2.05) is 47.2 Å². The van der Waals surface area contributed by atoms with Gasteiger partial charge in [0.1, 0.15) is 5.82 Å². The fourth-order valence-corrected chi connectivity index (χ4v) is 3.23. The Morgan fingerprint density at radius 1 is 1.07 bits per heavy atom. The van der Waals surface area contributed by atoms with Gasteiger partial charge in [-0.15, -0.1) is 5.10 Å². The third-order valence-corrected chi connectivity index (χ3v) is 4.58. The molecule has 0 saturated carbocycles. The summed E-state index contributed by atoms with van der Waals surface area (Å²) in [4.78, 5) is 4.46. The van der Waals surface area contributed by atoms with Crippen LogP contribution in [0.25, 0.3) is 17.1 Å². The molecule has 1 aliphatic rings. The molecule has 4 aromatic rings. The standard InChI is InChI=1S/C18H13ClN6O2/c19-14-9-16-15(26-11-27-16)8-13(14)18-20-6-7-24(18)10-17-21-22-23-25(17)12-4-2-1-3-5-12/h1-9H,10-11H2.